The first-order valence-electron chi connectivity index (χ1n) is 5.95. The SMILES string of the molecule is CNC(c1cc(C)cc(F)c1)c1cnn(C)c1C. The molecule has 3 nitrogen and oxygen atoms in total. The molecule has 2 aromatic rings. The van der Waals surface area contributed by atoms with E-state index in [2.05, 4.69) is 10.4 Å². The summed E-state index contributed by atoms with van der Waals surface area (Å²) in [5.41, 5.74) is 4.00. The van der Waals surface area contributed by atoms with Crippen molar-refractivity contribution in [1.82, 2.24) is 15.1 Å². The summed E-state index contributed by atoms with van der Waals surface area (Å²) < 4.78 is 15.3. The first-order chi connectivity index (χ1) is 8.52. The number of aryl methyl sites for hydroxylation is 2. The molecule has 0 aliphatic heterocycles. The number of nitrogens with one attached hydrogen (secondary N) is 1. The zero-order valence-corrected chi connectivity index (χ0v) is 11.2. The number of hydrogen-bond acceptors (Lipinski definition) is 2. The van der Waals surface area contributed by atoms with Crippen molar-refractivity contribution in [2.75, 3.05) is 7.05 Å². The molecule has 1 atom stereocenters. The number of rotatable bonds is 3. The Bertz CT molecular complexity index is 540. The van der Waals surface area contributed by atoms with Crippen LogP contribution in [0.5, 0.6) is 0 Å². The molecule has 1 unspecified atom stereocenters. The Morgan fingerprint density at radius 3 is 2.50 bits per heavy atom. The van der Waals surface area contributed by atoms with Crippen LogP contribution in [-0.2, 0) is 7.05 Å². The van der Waals surface area contributed by atoms with Gasteiger partial charge in [-0.05, 0) is 44.2 Å². The molecule has 0 saturated carbocycles. The highest BCUT2D eigenvalue weighted by Gasteiger charge is 2.17. The van der Waals surface area contributed by atoms with Crippen molar-refractivity contribution >= 4 is 0 Å². The summed E-state index contributed by atoms with van der Waals surface area (Å²) in [7, 11) is 3.78. The molecule has 0 aliphatic carbocycles. The minimum absolute atomic E-state index is 0.0342. The summed E-state index contributed by atoms with van der Waals surface area (Å²) in [5, 5.41) is 7.46. The molecule has 18 heavy (non-hydrogen) atoms. The Kier molecular flexibility index (Phi) is 3.48. The van der Waals surface area contributed by atoms with Crippen molar-refractivity contribution in [1.29, 1.82) is 0 Å². The molecule has 4 heteroatoms. The van der Waals surface area contributed by atoms with Gasteiger partial charge >= 0.3 is 0 Å². The average molecular weight is 247 g/mol. The summed E-state index contributed by atoms with van der Waals surface area (Å²) in [5.74, 6) is -0.202. The summed E-state index contributed by atoms with van der Waals surface area (Å²) in [6.07, 6.45) is 1.83. The van der Waals surface area contributed by atoms with Crippen LogP contribution in [0.25, 0.3) is 0 Å². The predicted molar refractivity (Wildman–Crippen MR) is 70.0 cm³/mol. The Morgan fingerprint density at radius 1 is 1.28 bits per heavy atom. The summed E-state index contributed by atoms with van der Waals surface area (Å²) in [6.45, 7) is 3.91. The second-order valence-corrected chi connectivity index (χ2v) is 4.59. The van der Waals surface area contributed by atoms with Gasteiger partial charge < -0.3 is 5.32 Å². The van der Waals surface area contributed by atoms with E-state index >= 15 is 0 Å². The third kappa shape index (κ3) is 2.29. The van der Waals surface area contributed by atoms with E-state index in [1.807, 2.05) is 44.9 Å². The van der Waals surface area contributed by atoms with Crippen molar-refractivity contribution in [2.24, 2.45) is 7.05 Å². The molecule has 0 bridgehead atoms. The van der Waals surface area contributed by atoms with E-state index in [0.717, 1.165) is 22.4 Å². The highest BCUT2D eigenvalue weighted by molar-refractivity contribution is 5.35. The first kappa shape index (κ1) is 12.8. The van der Waals surface area contributed by atoms with Crippen LogP contribution in [0, 0.1) is 19.7 Å². The quantitative estimate of drug-likeness (QED) is 0.903. The minimum Gasteiger partial charge on any atom is -0.309 e. The van der Waals surface area contributed by atoms with Crippen LogP contribution in [-0.4, -0.2) is 16.8 Å². The highest BCUT2D eigenvalue weighted by atomic mass is 19.1. The van der Waals surface area contributed by atoms with E-state index < -0.39 is 0 Å². The maximum atomic E-state index is 13.5. The van der Waals surface area contributed by atoms with Crippen molar-refractivity contribution in [3.63, 3.8) is 0 Å². The normalized spacial score (nSPS) is 12.7. The lowest BCUT2D eigenvalue weighted by molar-refractivity contribution is 0.614. The number of nitrogens with zero attached hydrogens (tertiary/aromatic N) is 2. The van der Waals surface area contributed by atoms with E-state index in [0.29, 0.717) is 0 Å². The standard InChI is InChI=1S/C14H18FN3/c1-9-5-11(7-12(15)6-9)14(16-3)13-8-17-18(4)10(13)2/h5-8,14,16H,1-4H3. The second-order valence-electron chi connectivity index (χ2n) is 4.59. The smallest absolute Gasteiger partial charge is 0.123 e. The lowest BCUT2D eigenvalue weighted by Crippen LogP contribution is -2.18. The fourth-order valence-corrected chi connectivity index (χ4v) is 2.23. The number of halogens is 1. The Hall–Kier alpha value is -1.68. The summed E-state index contributed by atoms with van der Waals surface area (Å²) >= 11 is 0. The van der Waals surface area contributed by atoms with Gasteiger partial charge in [-0.25, -0.2) is 4.39 Å². The second kappa shape index (κ2) is 4.90. The van der Waals surface area contributed by atoms with Gasteiger partial charge in [0, 0.05) is 18.3 Å². The van der Waals surface area contributed by atoms with Crippen LogP contribution >= 0.6 is 0 Å². The van der Waals surface area contributed by atoms with Crippen molar-refractivity contribution in [2.45, 2.75) is 19.9 Å². The van der Waals surface area contributed by atoms with E-state index in [9.17, 15) is 4.39 Å². The highest BCUT2D eigenvalue weighted by Crippen LogP contribution is 2.25. The average Bonchev–Trinajstić information content (AvgIpc) is 2.61. The number of aromatic nitrogens is 2. The number of benzene rings is 1. The van der Waals surface area contributed by atoms with E-state index in [1.165, 1.54) is 6.07 Å². The van der Waals surface area contributed by atoms with Crippen LogP contribution < -0.4 is 5.32 Å². The molecule has 0 radical (unpaired) electrons. The van der Waals surface area contributed by atoms with Crippen molar-refractivity contribution in [3.05, 3.63) is 52.6 Å². The van der Waals surface area contributed by atoms with Crippen molar-refractivity contribution in [3.8, 4) is 0 Å². The minimum atomic E-state index is -0.202. The van der Waals surface area contributed by atoms with Gasteiger partial charge in [-0.3, -0.25) is 4.68 Å². The molecule has 0 amide bonds. The van der Waals surface area contributed by atoms with Gasteiger partial charge in [0.15, 0.2) is 0 Å². The molecule has 0 aliphatic rings. The molecule has 96 valence electrons. The van der Waals surface area contributed by atoms with E-state index in [4.69, 9.17) is 0 Å². The zero-order chi connectivity index (χ0) is 13.3. The fourth-order valence-electron chi connectivity index (χ4n) is 2.23. The molecule has 0 fully saturated rings. The topological polar surface area (TPSA) is 29.9 Å². The largest absolute Gasteiger partial charge is 0.309 e. The summed E-state index contributed by atoms with van der Waals surface area (Å²) in [4.78, 5) is 0. The van der Waals surface area contributed by atoms with Gasteiger partial charge in [0.1, 0.15) is 5.82 Å². The van der Waals surface area contributed by atoms with Gasteiger partial charge in [0.05, 0.1) is 12.2 Å². The van der Waals surface area contributed by atoms with E-state index in [1.54, 1.807) is 6.07 Å². The molecular weight excluding hydrogens is 229 g/mol. The maximum Gasteiger partial charge on any atom is 0.123 e. The van der Waals surface area contributed by atoms with Crippen LogP contribution in [0.4, 0.5) is 4.39 Å². The van der Waals surface area contributed by atoms with Crippen LogP contribution in [0.1, 0.15) is 28.4 Å². The van der Waals surface area contributed by atoms with Gasteiger partial charge in [0.2, 0.25) is 0 Å². The predicted octanol–water partition coefficient (Wildman–Crippen LogP) is 2.48. The molecule has 1 heterocycles. The van der Waals surface area contributed by atoms with Gasteiger partial charge in [-0.15, -0.1) is 0 Å². The Morgan fingerprint density at radius 2 is 2.00 bits per heavy atom. The Balaban J connectivity index is 2.48. The molecule has 1 N–H and O–H groups in total. The third-order valence-corrected chi connectivity index (χ3v) is 3.27. The first-order valence-corrected chi connectivity index (χ1v) is 5.95. The lowest BCUT2D eigenvalue weighted by Gasteiger charge is -2.17. The lowest BCUT2D eigenvalue weighted by atomic mass is 9.98. The number of hydrogen-bond donors (Lipinski definition) is 1. The Labute approximate surface area is 107 Å². The van der Waals surface area contributed by atoms with Crippen molar-refractivity contribution < 1.29 is 4.39 Å². The maximum absolute atomic E-state index is 13.5. The van der Waals surface area contributed by atoms with Gasteiger partial charge in [0.25, 0.3) is 0 Å². The van der Waals surface area contributed by atoms with E-state index in [-0.39, 0.29) is 11.9 Å². The molecular formula is C14H18FN3. The van der Waals surface area contributed by atoms with Crippen LogP contribution in [0.2, 0.25) is 0 Å². The van der Waals surface area contributed by atoms with Gasteiger partial charge in [-0.1, -0.05) is 6.07 Å². The molecule has 1 aromatic carbocycles. The molecule has 1 aromatic heterocycles. The molecule has 0 spiro atoms. The van der Waals surface area contributed by atoms with Gasteiger partial charge in [-0.2, -0.15) is 5.10 Å². The zero-order valence-electron chi connectivity index (χ0n) is 11.2. The monoisotopic (exact) mass is 247 g/mol. The fraction of sp³-hybridized carbons (Fsp3) is 0.357. The molecule has 0 saturated heterocycles. The summed E-state index contributed by atoms with van der Waals surface area (Å²) in [6, 6.07) is 5.07. The van der Waals surface area contributed by atoms with Crippen LogP contribution in [0.3, 0.4) is 0 Å². The van der Waals surface area contributed by atoms with Crippen LogP contribution in [0.15, 0.2) is 24.4 Å². The third-order valence-electron chi connectivity index (χ3n) is 3.27. The molecule has 2 rings (SSSR count).